The van der Waals surface area contributed by atoms with E-state index in [-0.39, 0.29) is 0 Å². The summed E-state index contributed by atoms with van der Waals surface area (Å²) in [6, 6.07) is -1.22. The molecule has 0 radical (unpaired) electrons. The van der Waals surface area contributed by atoms with E-state index in [1.54, 1.807) is 0 Å². The van der Waals surface area contributed by atoms with E-state index < -0.39 is 21.1 Å². The number of hydrogen-bond donors (Lipinski definition) is 0. The highest BCUT2D eigenvalue weighted by Crippen LogP contribution is 2.27. The molecule has 1 rings (SSSR count). The zero-order valence-electron chi connectivity index (χ0n) is 6.92. The van der Waals surface area contributed by atoms with Crippen LogP contribution >= 0.6 is 0 Å². The summed E-state index contributed by atoms with van der Waals surface area (Å²) in [4.78, 5) is 0. The molecule has 1 saturated carbocycles. The Morgan fingerprint density at radius 3 is 2.33 bits per heavy atom. The second-order valence-corrected chi connectivity index (χ2v) is 5.43. The molecule has 0 amide bonds. The lowest BCUT2D eigenvalue weighted by Gasteiger charge is -2.21. The smallest absolute Gasteiger partial charge is 0.191 e. The molecular formula is C8H13FO2S. The van der Waals surface area contributed by atoms with Gasteiger partial charge in [-0.2, -0.15) is 0 Å². The summed E-state index contributed by atoms with van der Waals surface area (Å²) in [6.45, 7) is 3.77. The molecule has 0 aromatic heterocycles. The first-order chi connectivity index (χ1) is 5.56. The first kappa shape index (κ1) is 9.71. The number of allylic oxidation sites excluding steroid dienone is 1. The molecule has 2 nitrogen and oxygen atoms in total. The zero-order valence-corrected chi connectivity index (χ0v) is 7.74. The normalized spacial score (nSPS) is 21.2. The largest absolute Gasteiger partial charge is 0.234 e. The van der Waals surface area contributed by atoms with Crippen LogP contribution in [-0.2, 0) is 9.84 Å². The third-order valence-corrected chi connectivity index (χ3v) is 4.09. The Kier molecular flexibility index (Phi) is 2.88. The van der Waals surface area contributed by atoms with Crippen LogP contribution in [0.15, 0.2) is 12.2 Å². The molecule has 1 fully saturated rings. The van der Waals surface area contributed by atoms with Gasteiger partial charge in [-0.15, -0.1) is 0 Å². The van der Waals surface area contributed by atoms with Crippen molar-refractivity contribution in [3.63, 3.8) is 0 Å². The Morgan fingerprint density at radius 1 is 1.42 bits per heavy atom. The van der Waals surface area contributed by atoms with Crippen LogP contribution in [0.2, 0.25) is 0 Å². The van der Waals surface area contributed by atoms with Crippen LogP contribution in [0.4, 0.5) is 4.39 Å². The van der Waals surface area contributed by atoms with Crippen molar-refractivity contribution in [1.29, 1.82) is 0 Å². The zero-order chi connectivity index (χ0) is 9.19. The van der Waals surface area contributed by atoms with Crippen LogP contribution in [0, 0.1) is 0 Å². The van der Waals surface area contributed by atoms with Crippen molar-refractivity contribution < 1.29 is 12.8 Å². The van der Waals surface area contributed by atoms with E-state index in [2.05, 4.69) is 6.58 Å². The summed E-state index contributed by atoms with van der Waals surface area (Å²) in [6.07, 6.45) is 2.55. The van der Waals surface area contributed by atoms with Crippen LogP contribution in [0.25, 0.3) is 0 Å². The molecule has 12 heavy (non-hydrogen) atoms. The molecule has 0 heterocycles. The van der Waals surface area contributed by atoms with Crippen molar-refractivity contribution in [1.82, 2.24) is 0 Å². The van der Waals surface area contributed by atoms with Gasteiger partial charge in [0.1, 0.15) is 0 Å². The lowest BCUT2D eigenvalue weighted by Crippen LogP contribution is -2.25. The quantitative estimate of drug-likeness (QED) is 0.625. The number of halogens is 1. The molecule has 1 aliphatic rings. The van der Waals surface area contributed by atoms with E-state index in [1.807, 2.05) is 0 Å². The van der Waals surface area contributed by atoms with E-state index in [0.717, 1.165) is 18.4 Å². The van der Waals surface area contributed by atoms with Gasteiger partial charge in [0.15, 0.2) is 15.8 Å². The summed E-state index contributed by atoms with van der Waals surface area (Å²) in [5.41, 5.74) is 1.08. The standard InChI is InChI=1S/C8H13FO2S/c1-7-2-4-8(5-3-7)12(10,11)6-9/h8H,1-6H2. The summed E-state index contributed by atoms with van der Waals surface area (Å²) < 4.78 is 34.2. The van der Waals surface area contributed by atoms with Crippen molar-refractivity contribution >= 4 is 9.84 Å². The summed E-state index contributed by atoms with van der Waals surface area (Å²) >= 11 is 0. The van der Waals surface area contributed by atoms with Gasteiger partial charge in [-0.1, -0.05) is 12.2 Å². The van der Waals surface area contributed by atoms with Crippen LogP contribution in [0.5, 0.6) is 0 Å². The minimum atomic E-state index is -3.45. The number of sulfone groups is 1. The summed E-state index contributed by atoms with van der Waals surface area (Å²) in [7, 11) is -3.45. The SMILES string of the molecule is C=C1CCC(S(=O)(=O)CF)CC1. The predicted molar refractivity (Wildman–Crippen MR) is 46.3 cm³/mol. The topological polar surface area (TPSA) is 34.1 Å². The highest BCUT2D eigenvalue weighted by atomic mass is 32.2. The second kappa shape index (κ2) is 3.56. The fourth-order valence-electron chi connectivity index (χ4n) is 1.45. The highest BCUT2D eigenvalue weighted by Gasteiger charge is 2.27. The average Bonchev–Trinajstić information content (AvgIpc) is 2.05. The van der Waals surface area contributed by atoms with Gasteiger partial charge in [0.2, 0.25) is 0 Å². The number of hydrogen-bond acceptors (Lipinski definition) is 2. The van der Waals surface area contributed by atoms with Gasteiger partial charge in [-0.3, -0.25) is 0 Å². The predicted octanol–water partition coefficient (Wildman–Crippen LogP) is 1.83. The Labute approximate surface area is 72.4 Å². The maximum atomic E-state index is 12.0. The first-order valence-corrected chi connectivity index (χ1v) is 5.72. The Hall–Kier alpha value is -0.380. The van der Waals surface area contributed by atoms with Gasteiger partial charge in [0.25, 0.3) is 0 Å². The van der Waals surface area contributed by atoms with E-state index in [0.29, 0.717) is 12.8 Å². The molecule has 0 N–H and O–H groups in total. The molecule has 0 spiro atoms. The van der Waals surface area contributed by atoms with Crippen molar-refractivity contribution in [2.24, 2.45) is 0 Å². The van der Waals surface area contributed by atoms with Gasteiger partial charge >= 0.3 is 0 Å². The molecule has 0 unspecified atom stereocenters. The van der Waals surface area contributed by atoms with Crippen molar-refractivity contribution in [3.8, 4) is 0 Å². The first-order valence-electron chi connectivity index (χ1n) is 4.00. The molecule has 0 aromatic rings. The number of rotatable bonds is 2. The fraction of sp³-hybridized carbons (Fsp3) is 0.750. The second-order valence-electron chi connectivity index (χ2n) is 3.22. The minimum Gasteiger partial charge on any atom is -0.234 e. The maximum Gasteiger partial charge on any atom is 0.191 e. The molecule has 0 aromatic carbocycles. The summed E-state index contributed by atoms with van der Waals surface area (Å²) in [5.74, 6) is 0. The summed E-state index contributed by atoms with van der Waals surface area (Å²) in [5, 5.41) is -0.465. The van der Waals surface area contributed by atoms with Crippen LogP contribution in [-0.4, -0.2) is 19.7 Å². The van der Waals surface area contributed by atoms with E-state index in [4.69, 9.17) is 0 Å². The van der Waals surface area contributed by atoms with Crippen LogP contribution < -0.4 is 0 Å². The van der Waals surface area contributed by atoms with E-state index >= 15 is 0 Å². The average molecular weight is 192 g/mol. The molecular weight excluding hydrogens is 179 g/mol. The van der Waals surface area contributed by atoms with Crippen molar-refractivity contribution in [2.75, 3.05) is 6.01 Å². The lowest BCUT2D eigenvalue weighted by molar-refractivity contribution is 0.500. The number of alkyl halides is 1. The van der Waals surface area contributed by atoms with Gasteiger partial charge in [-0.05, 0) is 25.7 Å². The molecule has 4 heteroatoms. The molecule has 70 valence electrons. The van der Waals surface area contributed by atoms with Crippen LogP contribution in [0.3, 0.4) is 0 Å². The fourth-order valence-corrected chi connectivity index (χ4v) is 2.58. The van der Waals surface area contributed by atoms with Gasteiger partial charge < -0.3 is 0 Å². The molecule has 0 bridgehead atoms. The van der Waals surface area contributed by atoms with E-state index in [9.17, 15) is 12.8 Å². The molecule has 0 aliphatic heterocycles. The van der Waals surface area contributed by atoms with E-state index in [1.165, 1.54) is 0 Å². The lowest BCUT2D eigenvalue weighted by atomic mass is 9.96. The molecule has 0 saturated heterocycles. The van der Waals surface area contributed by atoms with Crippen LogP contribution in [0.1, 0.15) is 25.7 Å². The van der Waals surface area contributed by atoms with Gasteiger partial charge in [0.05, 0.1) is 5.25 Å². The van der Waals surface area contributed by atoms with Crippen molar-refractivity contribution in [3.05, 3.63) is 12.2 Å². The maximum absolute atomic E-state index is 12.0. The minimum absolute atomic E-state index is 0.465. The Balaban J connectivity index is 2.62. The Bertz CT molecular complexity index is 259. The molecule has 0 atom stereocenters. The highest BCUT2D eigenvalue weighted by molar-refractivity contribution is 7.91. The third-order valence-electron chi connectivity index (χ3n) is 2.30. The van der Waals surface area contributed by atoms with Gasteiger partial charge in [-0.25, -0.2) is 12.8 Å². The van der Waals surface area contributed by atoms with Gasteiger partial charge in [0, 0.05) is 0 Å². The Morgan fingerprint density at radius 2 is 1.92 bits per heavy atom. The monoisotopic (exact) mass is 192 g/mol. The van der Waals surface area contributed by atoms with Crippen molar-refractivity contribution in [2.45, 2.75) is 30.9 Å². The third kappa shape index (κ3) is 2.06. The molecule has 1 aliphatic carbocycles.